The molecule has 5 nitrogen and oxygen atoms in total. The lowest BCUT2D eigenvalue weighted by Gasteiger charge is -2.35. The molecule has 0 spiro atoms. The molecule has 2 aliphatic heterocycles. The zero-order valence-corrected chi connectivity index (χ0v) is 11.3. The van der Waals surface area contributed by atoms with Gasteiger partial charge in [0, 0.05) is 24.7 Å². The Labute approximate surface area is 118 Å². The van der Waals surface area contributed by atoms with Crippen LogP contribution in [0.25, 0.3) is 0 Å². The first-order valence-corrected chi connectivity index (χ1v) is 7.03. The van der Waals surface area contributed by atoms with Gasteiger partial charge in [-0.25, -0.2) is 4.79 Å². The van der Waals surface area contributed by atoms with E-state index in [-0.39, 0.29) is 18.0 Å². The fraction of sp³-hybridized carbons (Fsp3) is 0.467. The van der Waals surface area contributed by atoms with E-state index < -0.39 is 0 Å². The highest BCUT2D eigenvalue weighted by Crippen LogP contribution is 2.21. The summed E-state index contributed by atoms with van der Waals surface area (Å²) in [4.78, 5) is 27.5. The van der Waals surface area contributed by atoms with Crippen molar-refractivity contribution in [2.75, 3.05) is 26.2 Å². The summed E-state index contributed by atoms with van der Waals surface area (Å²) in [6.07, 6.45) is 1.44. The number of ether oxygens (including phenoxy) is 1. The van der Waals surface area contributed by atoms with Crippen molar-refractivity contribution in [3.8, 4) is 0 Å². The fourth-order valence-corrected chi connectivity index (χ4v) is 2.88. The highest BCUT2D eigenvalue weighted by molar-refractivity contribution is 5.94. The molecule has 0 aromatic heterocycles. The normalized spacial score (nSPS) is 20.1. The average molecular weight is 274 g/mol. The zero-order chi connectivity index (χ0) is 13.9. The van der Waals surface area contributed by atoms with E-state index in [9.17, 15) is 9.59 Å². The Morgan fingerprint density at radius 3 is 2.40 bits per heavy atom. The molecule has 0 aliphatic carbocycles. The number of carbonyl (C=O) groups excluding carboxylic acids is 2. The van der Waals surface area contributed by atoms with Crippen LogP contribution in [-0.2, 0) is 4.74 Å². The Morgan fingerprint density at radius 1 is 1.10 bits per heavy atom. The van der Waals surface area contributed by atoms with Gasteiger partial charge in [0.2, 0.25) is 0 Å². The summed E-state index contributed by atoms with van der Waals surface area (Å²) in [5, 5.41) is 0. The van der Waals surface area contributed by atoms with Crippen LogP contribution in [0.4, 0.5) is 4.79 Å². The monoisotopic (exact) mass is 274 g/mol. The number of cyclic esters (lactones) is 1. The smallest absolute Gasteiger partial charge is 0.410 e. The topological polar surface area (TPSA) is 49.9 Å². The highest BCUT2D eigenvalue weighted by atomic mass is 16.6. The van der Waals surface area contributed by atoms with Crippen molar-refractivity contribution in [2.45, 2.75) is 18.9 Å². The van der Waals surface area contributed by atoms with E-state index in [0.717, 1.165) is 18.4 Å². The molecule has 2 fully saturated rings. The summed E-state index contributed by atoms with van der Waals surface area (Å²) < 4.78 is 4.97. The van der Waals surface area contributed by atoms with Crippen molar-refractivity contribution in [3.05, 3.63) is 35.9 Å². The van der Waals surface area contributed by atoms with Crippen molar-refractivity contribution in [2.24, 2.45) is 0 Å². The van der Waals surface area contributed by atoms with Crippen LogP contribution in [0, 0.1) is 0 Å². The molecule has 1 aromatic carbocycles. The van der Waals surface area contributed by atoms with Gasteiger partial charge in [-0.1, -0.05) is 18.2 Å². The summed E-state index contributed by atoms with van der Waals surface area (Å²) in [6.45, 7) is 2.56. The second-order valence-electron chi connectivity index (χ2n) is 5.20. The number of hydrogen-bond acceptors (Lipinski definition) is 3. The largest absolute Gasteiger partial charge is 0.448 e. The molecule has 0 unspecified atom stereocenters. The summed E-state index contributed by atoms with van der Waals surface area (Å²) in [6, 6.07) is 9.55. The Kier molecular flexibility index (Phi) is 3.58. The Balaban J connectivity index is 1.58. The van der Waals surface area contributed by atoms with Crippen LogP contribution in [0.3, 0.4) is 0 Å². The van der Waals surface area contributed by atoms with Crippen LogP contribution < -0.4 is 0 Å². The summed E-state index contributed by atoms with van der Waals surface area (Å²) in [5.41, 5.74) is 0.728. The fourth-order valence-electron chi connectivity index (χ4n) is 2.88. The first-order valence-electron chi connectivity index (χ1n) is 7.03. The number of benzene rings is 1. The van der Waals surface area contributed by atoms with Gasteiger partial charge in [0.1, 0.15) is 6.61 Å². The van der Waals surface area contributed by atoms with Crippen molar-refractivity contribution in [3.63, 3.8) is 0 Å². The molecule has 1 aromatic rings. The minimum absolute atomic E-state index is 0.0769. The van der Waals surface area contributed by atoms with E-state index in [1.54, 1.807) is 4.90 Å². The van der Waals surface area contributed by atoms with E-state index in [1.807, 2.05) is 35.2 Å². The SMILES string of the molecule is O=C(c1ccccc1)N1CCC(N2CCOC2=O)CC1. The Bertz CT molecular complexity index is 495. The van der Waals surface area contributed by atoms with Crippen LogP contribution >= 0.6 is 0 Å². The van der Waals surface area contributed by atoms with Gasteiger partial charge < -0.3 is 14.5 Å². The van der Waals surface area contributed by atoms with E-state index in [0.29, 0.717) is 26.2 Å². The molecule has 20 heavy (non-hydrogen) atoms. The highest BCUT2D eigenvalue weighted by Gasteiger charge is 2.33. The van der Waals surface area contributed by atoms with Gasteiger partial charge >= 0.3 is 6.09 Å². The molecule has 2 heterocycles. The quantitative estimate of drug-likeness (QED) is 0.825. The Hall–Kier alpha value is -2.04. The van der Waals surface area contributed by atoms with E-state index >= 15 is 0 Å². The lowest BCUT2D eigenvalue weighted by atomic mass is 10.0. The third-order valence-electron chi connectivity index (χ3n) is 4.01. The second kappa shape index (κ2) is 5.53. The molecular formula is C15H18N2O3. The predicted octanol–water partition coefficient (Wildman–Crippen LogP) is 1.74. The van der Waals surface area contributed by atoms with Crippen molar-refractivity contribution in [1.29, 1.82) is 0 Å². The predicted molar refractivity (Wildman–Crippen MR) is 73.4 cm³/mol. The Morgan fingerprint density at radius 2 is 1.80 bits per heavy atom. The number of amides is 2. The third-order valence-corrected chi connectivity index (χ3v) is 4.01. The van der Waals surface area contributed by atoms with Crippen LogP contribution in [0.5, 0.6) is 0 Å². The maximum absolute atomic E-state index is 12.3. The third kappa shape index (κ3) is 2.48. The van der Waals surface area contributed by atoms with Crippen LogP contribution in [0.1, 0.15) is 23.2 Å². The molecule has 0 N–H and O–H groups in total. The van der Waals surface area contributed by atoms with E-state index in [4.69, 9.17) is 4.74 Å². The second-order valence-corrected chi connectivity index (χ2v) is 5.20. The maximum Gasteiger partial charge on any atom is 0.410 e. The van der Waals surface area contributed by atoms with E-state index in [1.165, 1.54) is 0 Å². The van der Waals surface area contributed by atoms with Crippen LogP contribution in [0.15, 0.2) is 30.3 Å². The van der Waals surface area contributed by atoms with Crippen molar-refractivity contribution < 1.29 is 14.3 Å². The van der Waals surface area contributed by atoms with Gasteiger partial charge in [0.25, 0.3) is 5.91 Å². The number of hydrogen-bond donors (Lipinski definition) is 0. The standard InChI is InChI=1S/C15H18N2O3/c18-14(12-4-2-1-3-5-12)16-8-6-13(7-9-16)17-10-11-20-15(17)19/h1-5,13H,6-11H2. The minimum atomic E-state index is -0.210. The number of likely N-dealkylation sites (tertiary alicyclic amines) is 1. The lowest BCUT2D eigenvalue weighted by molar-refractivity contribution is 0.0658. The molecule has 2 amide bonds. The van der Waals surface area contributed by atoms with Crippen LogP contribution in [0.2, 0.25) is 0 Å². The lowest BCUT2D eigenvalue weighted by Crippen LogP contribution is -2.47. The molecule has 3 rings (SSSR count). The first-order chi connectivity index (χ1) is 9.75. The van der Waals surface area contributed by atoms with Gasteiger partial charge in [0.15, 0.2) is 0 Å². The summed E-state index contributed by atoms with van der Waals surface area (Å²) in [5.74, 6) is 0.0769. The van der Waals surface area contributed by atoms with Crippen molar-refractivity contribution >= 4 is 12.0 Å². The molecule has 0 atom stereocenters. The van der Waals surface area contributed by atoms with Gasteiger partial charge in [-0.05, 0) is 25.0 Å². The number of carbonyl (C=O) groups is 2. The van der Waals surface area contributed by atoms with Gasteiger partial charge in [-0.2, -0.15) is 0 Å². The van der Waals surface area contributed by atoms with Gasteiger partial charge in [-0.15, -0.1) is 0 Å². The summed E-state index contributed by atoms with van der Waals surface area (Å²) >= 11 is 0. The molecule has 2 saturated heterocycles. The number of rotatable bonds is 2. The van der Waals surface area contributed by atoms with Gasteiger partial charge in [0.05, 0.1) is 6.54 Å². The number of nitrogens with zero attached hydrogens (tertiary/aromatic N) is 2. The zero-order valence-electron chi connectivity index (χ0n) is 11.3. The molecule has 0 saturated carbocycles. The molecule has 0 bridgehead atoms. The minimum Gasteiger partial charge on any atom is -0.448 e. The molecule has 5 heteroatoms. The molecule has 2 aliphatic rings. The summed E-state index contributed by atoms with van der Waals surface area (Å²) in [7, 11) is 0. The first kappa shape index (κ1) is 13.0. The molecule has 106 valence electrons. The molecular weight excluding hydrogens is 256 g/mol. The average Bonchev–Trinajstić information content (AvgIpc) is 2.94. The molecule has 0 radical (unpaired) electrons. The van der Waals surface area contributed by atoms with Crippen LogP contribution in [-0.4, -0.2) is 54.1 Å². The van der Waals surface area contributed by atoms with E-state index in [2.05, 4.69) is 0 Å². The maximum atomic E-state index is 12.3. The van der Waals surface area contributed by atoms with Gasteiger partial charge in [-0.3, -0.25) is 4.79 Å². The number of piperidine rings is 1. The van der Waals surface area contributed by atoms with Crippen molar-refractivity contribution in [1.82, 2.24) is 9.80 Å².